The van der Waals surface area contributed by atoms with Crippen LogP contribution in [0.2, 0.25) is 0 Å². The lowest BCUT2D eigenvalue weighted by Gasteiger charge is -2.24. The maximum absolute atomic E-state index is 13.9. The van der Waals surface area contributed by atoms with Gasteiger partial charge in [0.05, 0.1) is 0 Å². The zero-order chi connectivity index (χ0) is 14.8. The summed E-state index contributed by atoms with van der Waals surface area (Å²) in [5, 5.41) is 3.63. The van der Waals surface area contributed by atoms with Crippen molar-refractivity contribution in [2.75, 3.05) is 0 Å². The van der Waals surface area contributed by atoms with Gasteiger partial charge in [-0.15, -0.1) is 0 Å². The van der Waals surface area contributed by atoms with E-state index < -0.39 is 0 Å². The summed E-state index contributed by atoms with van der Waals surface area (Å²) in [5.41, 5.74) is 3.33. The molecule has 2 heteroatoms. The quantitative estimate of drug-likeness (QED) is 0.820. The Morgan fingerprint density at radius 3 is 2.33 bits per heavy atom. The van der Waals surface area contributed by atoms with Gasteiger partial charge in [-0.3, -0.25) is 0 Å². The van der Waals surface area contributed by atoms with Crippen molar-refractivity contribution >= 4 is 0 Å². The van der Waals surface area contributed by atoms with Crippen LogP contribution in [0.4, 0.5) is 4.39 Å². The molecule has 110 valence electrons. The highest BCUT2D eigenvalue weighted by Crippen LogP contribution is 2.42. The summed E-state index contributed by atoms with van der Waals surface area (Å²) in [4.78, 5) is 0. The van der Waals surface area contributed by atoms with Crippen molar-refractivity contribution in [2.24, 2.45) is 5.92 Å². The first-order valence-electron chi connectivity index (χ1n) is 7.72. The molecule has 1 aliphatic carbocycles. The van der Waals surface area contributed by atoms with Gasteiger partial charge in [-0.25, -0.2) is 4.39 Å². The number of benzene rings is 2. The van der Waals surface area contributed by atoms with Gasteiger partial charge in [-0.1, -0.05) is 48.0 Å². The van der Waals surface area contributed by atoms with Gasteiger partial charge in [0.2, 0.25) is 0 Å². The molecule has 1 aliphatic rings. The molecule has 0 saturated heterocycles. The third-order valence-corrected chi connectivity index (χ3v) is 4.33. The van der Waals surface area contributed by atoms with E-state index in [1.165, 1.54) is 30.0 Å². The van der Waals surface area contributed by atoms with Crippen LogP contribution in [0.15, 0.2) is 48.5 Å². The Balaban J connectivity index is 1.79. The van der Waals surface area contributed by atoms with Crippen molar-refractivity contribution in [3.63, 3.8) is 0 Å². The van der Waals surface area contributed by atoms with E-state index in [-0.39, 0.29) is 11.9 Å². The highest BCUT2D eigenvalue weighted by Gasteiger charge is 2.33. The van der Waals surface area contributed by atoms with Crippen LogP contribution < -0.4 is 5.32 Å². The van der Waals surface area contributed by atoms with E-state index >= 15 is 0 Å². The van der Waals surface area contributed by atoms with Crippen LogP contribution in [0, 0.1) is 18.7 Å². The van der Waals surface area contributed by atoms with Gasteiger partial charge in [-0.2, -0.15) is 0 Å². The Bertz CT molecular complexity index is 601. The van der Waals surface area contributed by atoms with Crippen LogP contribution >= 0.6 is 0 Å². The number of hydrogen-bond acceptors (Lipinski definition) is 1. The normalized spacial score (nSPS) is 17.5. The molecule has 0 amide bonds. The van der Waals surface area contributed by atoms with Gasteiger partial charge in [-0.05, 0) is 44.2 Å². The predicted octanol–water partition coefficient (Wildman–Crippen LogP) is 4.94. The number of aryl methyl sites for hydroxylation is 1. The van der Waals surface area contributed by atoms with Crippen LogP contribution in [0.5, 0.6) is 0 Å². The van der Waals surface area contributed by atoms with E-state index in [2.05, 4.69) is 36.5 Å². The fourth-order valence-electron chi connectivity index (χ4n) is 2.89. The maximum Gasteiger partial charge on any atom is 0.127 e. The number of rotatable bonds is 5. The molecule has 0 radical (unpaired) electrons. The summed E-state index contributed by atoms with van der Waals surface area (Å²) in [7, 11) is 0. The molecule has 0 bridgehead atoms. The first-order chi connectivity index (χ1) is 10.1. The van der Waals surface area contributed by atoms with E-state index in [1.807, 2.05) is 19.1 Å². The van der Waals surface area contributed by atoms with E-state index in [1.54, 1.807) is 6.07 Å². The van der Waals surface area contributed by atoms with E-state index in [9.17, 15) is 4.39 Å². The molecule has 1 saturated carbocycles. The van der Waals surface area contributed by atoms with E-state index in [4.69, 9.17) is 0 Å². The summed E-state index contributed by atoms with van der Waals surface area (Å²) in [5.74, 6) is 0.554. The highest BCUT2D eigenvalue weighted by atomic mass is 19.1. The fourth-order valence-corrected chi connectivity index (χ4v) is 2.89. The topological polar surface area (TPSA) is 12.0 Å². The molecular weight excluding hydrogens is 261 g/mol. The molecule has 1 nitrogen and oxygen atoms in total. The fraction of sp³-hybridized carbons (Fsp3) is 0.368. The van der Waals surface area contributed by atoms with Crippen molar-refractivity contribution in [3.05, 3.63) is 71.0 Å². The standard InChI is InChI=1S/C19H22FN/c1-13-7-9-15(10-8-13)19(16-11-12-16)21-14(2)17-5-3-4-6-18(17)20/h3-10,14,16,19,21H,11-12H2,1-2H3. The molecule has 2 unspecified atom stereocenters. The lowest BCUT2D eigenvalue weighted by atomic mass is 9.98. The predicted molar refractivity (Wildman–Crippen MR) is 84.6 cm³/mol. The van der Waals surface area contributed by atoms with Gasteiger partial charge < -0.3 is 5.32 Å². The zero-order valence-corrected chi connectivity index (χ0v) is 12.6. The van der Waals surface area contributed by atoms with Crippen molar-refractivity contribution in [3.8, 4) is 0 Å². The van der Waals surface area contributed by atoms with Gasteiger partial charge in [0.1, 0.15) is 5.82 Å². The van der Waals surface area contributed by atoms with Gasteiger partial charge >= 0.3 is 0 Å². The molecule has 2 aromatic carbocycles. The molecular formula is C19H22FN. The van der Waals surface area contributed by atoms with Crippen molar-refractivity contribution < 1.29 is 4.39 Å². The van der Waals surface area contributed by atoms with Crippen LogP contribution in [-0.2, 0) is 0 Å². The van der Waals surface area contributed by atoms with Gasteiger partial charge in [0.15, 0.2) is 0 Å². The molecule has 21 heavy (non-hydrogen) atoms. The number of halogens is 1. The summed E-state index contributed by atoms with van der Waals surface area (Å²) in [6, 6.07) is 16.1. The Morgan fingerprint density at radius 2 is 1.71 bits per heavy atom. The third-order valence-electron chi connectivity index (χ3n) is 4.33. The molecule has 2 aromatic rings. The summed E-state index contributed by atoms with van der Waals surface area (Å²) in [6.45, 7) is 4.15. The van der Waals surface area contributed by atoms with E-state index in [0.29, 0.717) is 12.0 Å². The molecule has 0 spiro atoms. The Labute approximate surface area is 126 Å². The maximum atomic E-state index is 13.9. The summed E-state index contributed by atoms with van der Waals surface area (Å²) in [6.07, 6.45) is 2.52. The molecule has 1 N–H and O–H groups in total. The van der Waals surface area contributed by atoms with Crippen molar-refractivity contribution in [2.45, 2.75) is 38.8 Å². The monoisotopic (exact) mass is 283 g/mol. The third kappa shape index (κ3) is 3.33. The first kappa shape index (κ1) is 14.3. The average molecular weight is 283 g/mol. The molecule has 3 rings (SSSR count). The molecule has 2 atom stereocenters. The Hall–Kier alpha value is -1.67. The van der Waals surface area contributed by atoms with Crippen molar-refractivity contribution in [1.29, 1.82) is 0 Å². The SMILES string of the molecule is Cc1ccc(C(NC(C)c2ccccc2F)C2CC2)cc1. The van der Waals surface area contributed by atoms with Gasteiger partial charge in [0, 0.05) is 17.6 Å². The van der Waals surface area contributed by atoms with Crippen LogP contribution in [0.1, 0.15) is 48.5 Å². The average Bonchev–Trinajstić information content (AvgIpc) is 3.31. The zero-order valence-electron chi connectivity index (χ0n) is 12.6. The van der Waals surface area contributed by atoms with Crippen LogP contribution in [0.25, 0.3) is 0 Å². The molecule has 0 aliphatic heterocycles. The molecule has 0 heterocycles. The second-order valence-electron chi connectivity index (χ2n) is 6.14. The minimum Gasteiger partial charge on any atom is -0.303 e. The Kier molecular flexibility index (Phi) is 4.07. The minimum absolute atomic E-state index is 0.0121. The van der Waals surface area contributed by atoms with E-state index in [0.717, 1.165) is 5.56 Å². The number of hydrogen-bond donors (Lipinski definition) is 1. The second-order valence-corrected chi connectivity index (χ2v) is 6.14. The van der Waals surface area contributed by atoms with Crippen LogP contribution in [0.3, 0.4) is 0 Å². The minimum atomic E-state index is -0.129. The first-order valence-corrected chi connectivity index (χ1v) is 7.72. The van der Waals surface area contributed by atoms with Gasteiger partial charge in [0.25, 0.3) is 0 Å². The number of nitrogens with one attached hydrogen (secondary N) is 1. The summed E-state index contributed by atoms with van der Waals surface area (Å²) >= 11 is 0. The lowest BCUT2D eigenvalue weighted by molar-refractivity contribution is 0.417. The largest absolute Gasteiger partial charge is 0.303 e. The highest BCUT2D eigenvalue weighted by molar-refractivity contribution is 5.27. The molecule has 0 aromatic heterocycles. The summed E-state index contributed by atoms with van der Waals surface area (Å²) < 4.78 is 13.9. The van der Waals surface area contributed by atoms with Crippen molar-refractivity contribution in [1.82, 2.24) is 5.32 Å². The van der Waals surface area contributed by atoms with Crippen LogP contribution in [-0.4, -0.2) is 0 Å². The lowest BCUT2D eigenvalue weighted by Crippen LogP contribution is -2.26. The second kappa shape index (κ2) is 5.98. The Morgan fingerprint density at radius 1 is 1.05 bits per heavy atom. The molecule has 1 fully saturated rings. The smallest absolute Gasteiger partial charge is 0.127 e.